The van der Waals surface area contributed by atoms with E-state index in [1.807, 2.05) is 6.92 Å². The smallest absolute Gasteiger partial charge is 0.249 e. The van der Waals surface area contributed by atoms with Gasteiger partial charge in [-0.3, -0.25) is 9.89 Å². The SMILES string of the molecule is Cc1cc(NC(=O)/C=C/c2cc(Cl)ccc2Cl)n[nH]1. The van der Waals surface area contributed by atoms with Gasteiger partial charge in [0.1, 0.15) is 0 Å². The Morgan fingerprint density at radius 3 is 2.84 bits per heavy atom. The Morgan fingerprint density at radius 2 is 2.16 bits per heavy atom. The highest BCUT2D eigenvalue weighted by molar-refractivity contribution is 6.34. The Balaban J connectivity index is 2.05. The van der Waals surface area contributed by atoms with Crippen LogP contribution in [-0.2, 0) is 4.79 Å². The molecule has 0 radical (unpaired) electrons. The number of hydrogen-bond donors (Lipinski definition) is 2. The number of rotatable bonds is 3. The number of amides is 1. The molecule has 2 rings (SSSR count). The van der Waals surface area contributed by atoms with E-state index in [9.17, 15) is 4.79 Å². The lowest BCUT2D eigenvalue weighted by molar-refractivity contribution is -0.111. The minimum absolute atomic E-state index is 0.289. The Labute approximate surface area is 120 Å². The number of aromatic nitrogens is 2. The highest BCUT2D eigenvalue weighted by Crippen LogP contribution is 2.21. The Kier molecular flexibility index (Phi) is 4.24. The van der Waals surface area contributed by atoms with Crippen molar-refractivity contribution in [3.05, 3.63) is 51.6 Å². The van der Waals surface area contributed by atoms with Crippen LogP contribution in [0.3, 0.4) is 0 Å². The molecule has 0 aliphatic heterocycles. The second-order valence-electron chi connectivity index (χ2n) is 3.92. The molecule has 6 heteroatoms. The molecule has 0 aliphatic carbocycles. The summed E-state index contributed by atoms with van der Waals surface area (Å²) in [6.45, 7) is 1.85. The number of halogens is 2. The van der Waals surface area contributed by atoms with Gasteiger partial charge < -0.3 is 5.32 Å². The summed E-state index contributed by atoms with van der Waals surface area (Å²) in [5.74, 6) is 0.187. The zero-order valence-corrected chi connectivity index (χ0v) is 11.6. The summed E-state index contributed by atoms with van der Waals surface area (Å²) >= 11 is 11.8. The van der Waals surface area contributed by atoms with Crippen molar-refractivity contribution in [3.63, 3.8) is 0 Å². The van der Waals surface area contributed by atoms with E-state index < -0.39 is 0 Å². The third kappa shape index (κ3) is 3.84. The number of nitrogens with zero attached hydrogens (tertiary/aromatic N) is 1. The van der Waals surface area contributed by atoms with Gasteiger partial charge >= 0.3 is 0 Å². The zero-order chi connectivity index (χ0) is 13.8. The molecular formula is C13H11Cl2N3O. The molecule has 0 aliphatic rings. The highest BCUT2D eigenvalue weighted by Gasteiger charge is 2.02. The predicted molar refractivity (Wildman–Crippen MR) is 77.5 cm³/mol. The van der Waals surface area contributed by atoms with Crippen LogP contribution in [0.5, 0.6) is 0 Å². The van der Waals surface area contributed by atoms with Gasteiger partial charge in [-0.1, -0.05) is 23.2 Å². The number of aromatic amines is 1. The van der Waals surface area contributed by atoms with E-state index in [1.54, 1.807) is 30.3 Å². The molecule has 0 saturated heterocycles. The number of nitrogens with one attached hydrogen (secondary N) is 2. The van der Waals surface area contributed by atoms with E-state index in [1.165, 1.54) is 6.08 Å². The molecule has 4 nitrogen and oxygen atoms in total. The first kappa shape index (κ1) is 13.6. The molecule has 98 valence electrons. The standard InChI is InChI=1S/C13H11Cl2N3O/c1-8-6-12(18-17-8)16-13(19)5-2-9-7-10(14)3-4-11(9)15/h2-7H,1H3,(H2,16,17,18,19)/b5-2+. The van der Waals surface area contributed by atoms with Crippen molar-refractivity contribution in [2.24, 2.45) is 0 Å². The summed E-state index contributed by atoms with van der Waals surface area (Å²) in [6.07, 6.45) is 2.98. The maximum Gasteiger partial charge on any atom is 0.249 e. The van der Waals surface area contributed by atoms with Crippen LogP contribution in [0.1, 0.15) is 11.3 Å². The minimum Gasteiger partial charge on any atom is -0.306 e. The number of anilines is 1. The Bertz CT molecular complexity index is 635. The summed E-state index contributed by atoms with van der Waals surface area (Å²) in [5.41, 5.74) is 1.56. The first-order valence-electron chi connectivity index (χ1n) is 5.51. The fourth-order valence-corrected chi connectivity index (χ4v) is 1.82. The average molecular weight is 296 g/mol. The lowest BCUT2D eigenvalue weighted by Crippen LogP contribution is -2.07. The van der Waals surface area contributed by atoms with Gasteiger partial charge in [-0.2, -0.15) is 5.10 Å². The zero-order valence-electron chi connectivity index (χ0n) is 10.1. The topological polar surface area (TPSA) is 57.8 Å². The van der Waals surface area contributed by atoms with Gasteiger partial charge in [0, 0.05) is 27.9 Å². The van der Waals surface area contributed by atoms with Crippen LogP contribution in [0.15, 0.2) is 30.3 Å². The van der Waals surface area contributed by atoms with Gasteiger partial charge in [0.15, 0.2) is 5.82 Å². The molecule has 0 unspecified atom stereocenters. The van der Waals surface area contributed by atoms with Crippen molar-refractivity contribution in [3.8, 4) is 0 Å². The van der Waals surface area contributed by atoms with Gasteiger partial charge in [0.2, 0.25) is 5.91 Å². The van der Waals surface area contributed by atoms with Crippen LogP contribution in [0.4, 0.5) is 5.82 Å². The molecule has 1 heterocycles. The molecule has 0 atom stereocenters. The maximum absolute atomic E-state index is 11.7. The fraction of sp³-hybridized carbons (Fsp3) is 0.0769. The molecule has 2 N–H and O–H groups in total. The van der Waals surface area contributed by atoms with Gasteiger partial charge in [-0.25, -0.2) is 0 Å². The molecular weight excluding hydrogens is 285 g/mol. The summed E-state index contributed by atoms with van der Waals surface area (Å²) in [4.78, 5) is 11.7. The molecule has 1 aromatic heterocycles. The normalized spacial score (nSPS) is 10.9. The molecule has 1 aromatic carbocycles. The van der Waals surface area contributed by atoms with Crippen molar-refractivity contribution < 1.29 is 4.79 Å². The number of hydrogen-bond acceptors (Lipinski definition) is 2. The van der Waals surface area contributed by atoms with Crippen LogP contribution < -0.4 is 5.32 Å². The Hall–Kier alpha value is -1.78. The number of carbonyl (C=O) groups is 1. The fourth-order valence-electron chi connectivity index (χ4n) is 1.46. The number of aryl methyl sites for hydroxylation is 1. The summed E-state index contributed by atoms with van der Waals surface area (Å²) in [6, 6.07) is 6.79. The largest absolute Gasteiger partial charge is 0.306 e. The van der Waals surface area contributed by atoms with E-state index in [0.29, 0.717) is 21.4 Å². The number of H-pyrrole nitrogens is 1. The summed E-state index contributed by atoms with van der Waals surface area (Å²) < 4.78 is 0. The lowest BCUT2D eigenvalue weighted by atomic mass is 10.2. The molecule has 19 heavy (non-hydrogen) atoms. The van der Waals surface area contributed by atoms with Crippen molar-refractivity contribution >= 4 is 41.0 Å². The van der Waals surface area contributed by atoms with Crippen LogP contribution in [0, 0.1) is 6.92 Å². The van der Waals surface area contributed by atoms with Crippen LogP contribution in [0.25, 0.3) is 6.08 Å². The number of carbonyl (C=O) groups excluding carboxylic acids is 1. The lowest BCUT2D eigenvalue weighted by Gasteiger charge is -1.99. The van der Waals surface area contributed by atoms with Crippen molar-refractivity contribution in [2.75, 3.05) is 5.32 Å². The van der Waals surface area contributed by atoms with Crippen LogP contribution in [0.2, 0.25) is 10.0 Å². The maximum atomic E-state index is 11.7. The molecule has 0 fully saturated rings. The van der Waals surface area contributed by atoms with Gasteiger partial charge in [-0.15, -0.1) is 0 Å². The van der Waals surface area contributed by atoms with E-state index in [0.717, 1.165) is 5.69 Å². The van der Waals surface area contributed by atoms with Gasteiger partial charge in [-0.05, 0) is 36.8 Å². The van der Waals surface area contributed by atoms with Crippen molar-refractivity contribution in [1.82, 2.24) is 10.2 Å². The van der Waals surface area contributed by atoms with Gasteiger partial charge in [0.25, 0.3) is 0 Å². The minimum atomic E-state index is -0.289. The molecule has 0 spiro atoms. The molecule has 0 saturated carbocycles. The van der Waals surface area contributed by atoms with E-state index in [-0.39, 0.29) is 5.91 Å². The highest BCUT2D eigenvalue weighted by atomic mass is 35.5. The average Bonchev–Trinajstić information content (AvgIpc) is 2.76. The van der Waals surface area contributed by atoms with Crippen molar-refractivity contribution in [2.45, 2.75) is 6.92 Å². The van der Waals surface area contributed by atoms with E-state index in [4.69, 9.17) is 23.2 Å². The summed E-state index contributed by atoms with van der Waals surface area (Å²) in [7, 11) is 0. The third-order valence-corrected chi connectivity index (χ3v) is 2.91. The summed E-state index contributed by atoms with van der Waals surface area (Å²) in [5, 5.41) is 10.4. The molecule has 1 amide bonds. The predicted octanol–water partition coefficient (Wildman–Crippen LogP) is 3.68. The van der Waals surface area contributed by atoms with Gasteiger partial charge in [0.05, 0.1) is 0 Å². The van der Waals surface area contributed by atoms with Crippen molar-refractivity contribution in [1.29, 1.82) is 0 Å². The van der Waals surface area contributed by atoms with Crippen LogP contribution >= 0.6 is 23.2 Å². The quantitative estimate of drug-likeness (QED) is 0.849. The van der Waals surface area contributed by atoms with E-state index >= 15 is 0 Å². The van der Waals surface area contributed by atoms with E-state index in [2.05, 4.69) is 15.5 Å². The first-order valence-corrected chi connectivity index (χ1v) is 6.26. The first-order chi connectivity index (χ1) is 9.04. The third-order valence-electron chi connectivity index (χ3n) is 2.33. The molecule has 0 bridgehead atoms. The van der Waals surface area contributed by atoms with Crippen LogP contribution in [-0.4, -0.2) is 16.1 Å². The second kappa shape index (κ2) is 5.91. The number of benzene rings is 1. The Morgan fingerprint density at radius 1 is 1.37 bits per heavy atom. The molecule has 2 aromatic rings. The monoisotopic (exact) mass is 295 g/mol. The second-order valence-corrected chi connectivity index (χ2v) is 4.77.